The zero-order valence-corrected chi connectivity index (χ0v) is 11.9. The van der Waals surface area contributed by atoms with Gasteiger partial charge in [-0.2, -0.15) is 0 Å². The third kappa shape index (κ3) is 2.13. The summed E-state index contributed by atoms with van der Waals surface area (Å²) in [6, 6.07) is 0.575. The van der Waals surface area contributed by atoms with Gasteiger partial charge in [0.2, 0.25) is 0 Å². The van der Waals surface area contributed by atoms with E-state index >= 15 is 0 Å². The molecule has 5 heteroatoms. The maximum absolute atomic E-state index is 6.31. The van der Waals surface area contributed by atoms with Gasteiger partial charge in [-0.1, -0.05) is 13.0 Å². The SMILES string of the molecule is C=CCn1c(CCC)nc(-c2cncn2C2CC2)c1N. The maximum Gasteiger partial charge on any atom is 0.133 e. The molecule has 106 valence electrons. The zero-order valence-electron chi connectivity index (χ0n) is 11.9. The molecule has 0 aromatic carbocycles. The molecule has 0 saturated heterocycles. The number of nitrogens with two attached hydrogens (primary N) is 1. The number of aromatic nitrogens is 4. The first-order chi connectivity index (χ1) is 9.76. The Kier molecular flexibility index (Phi) is 3.34. The van der Waals surface area contributed by atoms with Gasteiger partial charge in [-0.05, 0) is 19.3 Å². The summed E-state index contributed by atoms with van der Waals surface area (Å²) in [7, 11) is 0. The van der Waals surface area contributed by atoms with Crippen LogP contribution < -0.4 is 5.73 Å². The van der Waals surface area contributed by atoms with Crippen molar-refractivity contribution < 1.29 is 0 Å². The molecule has 20 heavy (non-hydrogen) atoms. The van der Waals surface area contributed by atoms with Gasteiger partial charge in [-0.25, -0.2) is 9.97 Å². The number of rotatable bonds is 6. The first-order valence-electron chi connectivity index (χ1n) is 7.24. The minimum absolute atomic E-state index is 0.575. The highest BCUT2D eigenvalue weighted by molar-refractivity contribution is 5.68. The van der Waals surface area contributed by atoms with Gasteiger partial charge in [-0.15, -0.1) is 6.58 Å². The monoisotopic (exact) mass is 271 g/mol. The summed E-state index contributed by atoms with van der Waals surface area (Å²) >= 11 is 0. The molecule has 2 aromatic rings. The number of nitrogen functional groups attached to an aromatic ring is 1. The summed E-state index contributed by atoms with van der Waals surface area (Å²) in [5, 5.41) is 0. The fourth-order valence-electron chi connectivity index (χ4n) is 2.58. The van der Waals surface area contributed by atoms with Gasteiger partial charge in [0, 0.05) is 19.0 Å². The molecule has 5 nitrogen and oxygen atoms in total. The molecule has 0 unspecified atom stereocenters. The van der Waals surface area contributed by atoms with E-state index in [1.807, 2.05) is 18.6 Å². The summed E-state index contributed by atoms with van der Waals surface area (Å²) in [4.78, 5) is 9.03. The summed E-state index contributed by atoms with van der Waals surface area (Å²) in [6.07, 6.45) is 10.0. The van der Waals surface area contributed by atoms with Crippen LogP contribution in [-0.4, -0.2) is 19.1 Å². The van der Waals surface area contributed by atoms with Gasteiger partial charge in [0.15, 0.2) is 0 Å². The Labute approximate surface area is 119 Å². The van der Waals surface area contributed by atoms with Crippen molar-refractivity contribution in [2.45, 2.75) is 45.2 Å². The normalized spacial score (nSPS) is 14.7. The van der Waals surface area contributed by atoms with E-state index in [2.05, 4.69) is 27.6 Å². The molecule has 1 fully saturated rings. The average Bonchev–Trinajstić information content (AvgIpc) is 3.10. The zero-order chi connectivity index (χ0) is 14.1. The predicted molar refractivity (Wildman–Crippen MR) is 80.3 cm³/mol. The Morgan fingerprint density at radius 1 is 1.50 bits per heavy atom. The van der Waals surface area contributed by atoms with E-state index in [0.717, 1.165) is 35.9 Å². The van der Waals surface area contributed by atoms with Crippen LogP contribution in [0.1, 0.15) is 38.1 Å². The molecular formula is C15H21N5. The van der Waals surface area contributed by atoms with Gasteiger partial charge < -0.3 is 14.9 Å². The van der Waals surface area contributed by atoms with E-state index in [-0.39, 0.29) is 0 Å². The molecule has 0 spiro atoms. The first-order valence-corrected chi connectivity index (χ1v) is 7.24. The summed E-state index contributed by atoms with van der Waals surface area (Å²) in [6.45, 7) is 6.65. The topological polar surface area (TPSA) is 61.7 Å². The van der Waals surface area contributed by atoms with Gasteiger partial charge >= 0.3 is 0 Å². The molecule has 2 N–H and O–H groups in total. The van der Waals surface area contributed by atoms with Gasteiger partial charge in [0.05, 0.1) is 18.2 Å². The fourth-order valence-corrected chi connectivity index (χ4v) is 2.58. The second-order valence-corrected chi connectivity index (χ2v) is 5.33. The molecule has 3 rings (SSSR count). The molecule has 2 aromatic heterocycles. The Morgan fingerprint density at radius 3 is 2.95 bits per heavy atom. The van der Waals surface area contributed by atoms with Gasteiger partial charge in [0.1, 0.15) is 17.3 Å². The van der Waals surface area contributed by atoms with E-state index < -0.39 is 0 Å². The van der Waals surface area contributed by atoms with Crippen LogP contribution in [0.5, 0.6) is 0 Å². The van der Waals surface area contributed by atoms with Crippen molar-refractivity contribution >= 4 is 5.82 Å². The molecule has 1 saturated carbocycles. The lowest BCUT2D eigenvalue weighted by atomic mass is 10.3. The Hall–Kier alpha value is -2.04. The van der Waals surface area contributed by atoms with Crippen LogP contribution in [0, 0.1) is 0 Å². The van der Waals surface area contributed by atoms with Crippen LogP contribution >= 0.6 is 0 Å². The van der Waals surface area contributed by atoms with Gasteiger partial charge in [0.25, 0.3) is 0 Å². The second-order valence-electron chi connectivity index (χ2n) is 5.33. The number of nitrogens with zero attached hydrogens (tertiary/aromatic N) is 4. The van der Waals surface area contributed by atoms with Crippen molar-refractivity contribution in [1.29, 1.82) is 0 Å². The largest absolute Gasteiger partial charge is 0.383 e. The number of aryl methyl sites for hydroxylation is 1. The van der Waals surface area contributed by atoms with Crippen LogP contribution in [0.4, 0.5) is 5.82 Å². The quantitative estimate of drug-likeness (QED) is 0.822. The third-order valence-electron chi connectivity index (χ3n) is 3.72. The highest BCUT2D eigenvalue weighted by Gasteiger charge is 2.27. The number of imidazole rings is 2. The van der Waals surface area contributed by atoms with Crippen molar-refractivity contribution in [3.05, 3.63) is 31.0 Å². The lowest BCUT2D eigenvalue weighted by molar-refractivity contribution is 0.723. The van der Waals surface area contributed by atoms with Crippen molar-refractivity contribution in [1.82, 2.24) is 19.1 Å². The minimum Gasteiger partial charge on any atom is -0.383 e. The average molecular weight is 271 g/mol. The number of allylic oxidation sites excluding steroid dienone is 1. The number of hydrogen-bond acceptors (Lipinski definition) is 3. The fraction of sp³-hybridized carbons (Fsp3) is 0.467. The number of hydrogen-bond donors (Lipinski definition) is 1. The second kappa shape index (κ2) is 5.15. The Morgan fingerprint density at radius 2 is 2.30 bits per heavy atom. The van der Waals surface area contributed by atoms with Crippen molar-refractivity contribution in [3.8, 4) is 11.4 Å². The summed E-state index contributed by atoms with van der Waals surface area (Å²) in [5.41, 5.74) is 8.21. The van der Waals surface area contributed by atoms with E-state index in [1.165, 1.54) is 12.8 Å². The smallest absolute Gasteiger partial charge is 0.133 e. The molecule has 0 aliphatic heterocycles. The summed E-state index contributed by atoms with van der Waals surface area (Å²) < 4.78 is 4.25. The standard InChI is InChI=1S/C15H21N5/c1-3-5-13-18-14(15(16)19(13)8-4-2)12-9-17-10-20(12)11-6-7-11/h4,9-11H,2-3,5-8,16H2,1H3. The van der Waals surface area contributed by atoms with Crippen LogP contribution in [0.25, 0.3) is 11.4 Å². The van der Waals surface area contributed by atoms with Crippen LogP contribution in [-0.2, 0) is 13.0 Å². The van der Waals surface area contributed by atoms with Crippen LogP contribution in [0.2, 0.25) is 0 Å². The highest BCUT2D eigenvalue weighted by Crippen LogP contribution is 2.39. The Bertz CT molecular complexity index is 618. The van der Waals surface area contributed by atoms with Crippen molar-refractivity contribution in [2.24, 2.45) is 0 Å². The van der Waals surface area contributed by atoms with E-state index in [0.29, 0.717) is 12.6 Å². The summed E-state index contributed by atoms with van der Waals surface area (Å²) in [5.74, 6) is 1.75. The molecule has 1 aliphatic rings. The third-order valence-corrected chi connectivity index (χ3v) is 3.72. The lowest BCUT2D eigenvalue weighted by Gasteiger charge is -2.07. The van der Waals surface area contributed by atoms with Crippen LogP contribution in [0.3, 0.4) is 0 Å². The number of anilines is 1. The first kappa shape index (κ1) is 13.0. The van der Waals surface area contributed by atoms with Crippen molar-refractivity contribution in [3.63, 3.8) is 0 Å². The van der Waals surface area contributed by atoms with Crippen LogP contribution in [0.15, 0.2) is 25.2 Å². The highest BCUT2D eigenvalue weighted by atomic mass is 15.2. The molecule has 2 heterocycles. The molecular weight excluding hydrogens is 250 g/mol. The molecule has 0 radical (unpaired) electrons. The maximum atomic E-state index is 6.31. The Balaban J connectivity index is 2.06. The lowest BCUT2D eigenvalue weighted by Crippen LogP contribution is -2.06. The molecule has 0 bridgehead atoms. The van der Waals surface area contributed by atoms with Crippen molar-refractivity contribution in [2.75, 3.05) is 5.73 Å². The molecule has 0 amide bonds. The van der Waals surface area contributed by atoms with E-state index in [9.17, 15) is 0 Å². The molecule has 1 aliphatic carbocycles. The molecule has 0 atom stereocenters. The minimum atomic E-state index is 0.575. The van der Waals surface area contributed by atoms with E-state index in [1.54, 1.807) is 0 Å². The predicted octanol–water partition coefficient (Wildman–Crippen LogP) is 2.80. The van der Waals surface area contributed by atoms with E-state index in [4.69, 9.17) is 10.7 Å². The van der Waals surface area contributed by atoms with Gasteiger partial charge in [-0.3, -0.25) is 0 Å².